The van der Waals surface area contributed by atoms with Crippen molar-refractivity contribution in [1.82, 2.24) is 14.9 Å². The molecule has 0 bridgehead atoms. The summed E-state index contributed by atoms with van der Waals surface area (Å²) in [5.41, 5.74) is 5.35. The number of nitrogens with zero attached hydrogens (tertiary/aromatic N) is 1. The van der Waals surface area contributed by atoms with Crippen molar-refractivity contribution in [3.63, 3.8) is 0 Å². The van der Waals surface area contributed by atoms with Crippen LogP contribution < -0.4 is 10.5 Å². The highest BCUT2D eigenvalue weighted by Crippen LogP contribution is 2.03. The van der Waals surface area contributed by atoms with E-state index in [-0.39, 0.29) is 5.03 Å². The molecule has 0 saturated carbocycles. The Morgan fingerprint density at radius 3 is 2.69 bits per heavy atom. The molecule has 0 aliphatic heterocycles. The third-order valence-electron chi connectivity index (χ3n) is 2.19. The van der Waals surface area contributed by atoms with E-state index in [4.69, 9.17) is 5.73 Å². The third-order valence-corrected chi connectivity index (χ3v) is 3.58. The number of hydrogen-bond acceptors (Lipinski definition) is 4. The predicted octanol–water partition coefficient (Wildman–Crippen LogP) is 0.207. The highest BCUT2D eigenvalue weighted by molar-refractivity contribution is 7.89. The van der Waals surface area contributed by atoms with E-state index in [1.165, 1.54) is 12.3 Å². The van der Waals surface area contributed by atoms with Gasteiger partial charge < -0.3 is 5.73 Å². The van der Waals surface area contributed by atoms with Crippen LogP contribution in [0.1, 0.15) is 25.7 Å². The molecular formula is C9H18N4O2S. The molecule has 7 heteroatoms. The lowest BCUT2D eigenvalue weighted by atomic mass is 10.2. The number of rotatable bonds is 8. The van der Waals surface area contributed by atoms with Gasteiger partial charge in [0.15, 0.2) is 5.03 Å². The number of unbranched alkanes of at least 4 members (excludes halogenated alkanes) is 3. The number of nitrogens with one attached hydrogen (secondary N) is 2. The predicted molar refractivity (Wildman–Crippen MR) is 61.3 cm³/mol. The molecule has 0 aromatic carbocycles. The second-order valence-corrected chi connectivity index (χ2v) is 5.26. The van der Waals surface area contributed by atoms with Crippen molar-refractivity contribution in [2.45, 2.75) is 30.7 Å². The molecule has 0 saturated heterocycles. The SMILES string of the molecule is NCCCCCCNS(=O)(=O)c1ccn[nH]1. The van der Waals surface area contributed by atoms with Crippen LogP contribution in [0.15, 0.2) is 17.3 Å². The second kappa shape index (κ2) is 6.62. The summed E-state index contributed by atoms with van der Waals surface area (Å²) < 4.78 is 25.7. The van der Waals surface area contributed by atoms with Crippen LogP contribution in [0.5, 0.6) is 0 Å². The van der Waals surface area contributed by atoms with E-state index >= 15 is 0 Å². The van der Waals surface area contributed by atoms with Crippen LogP contribution in [0.3, 0.4) is 0 Å². The minimum absolute atomic E-state index is 0.106. The molecule has 0 unspecified atom stereocenters. The van der Waals surface area contributed by atoms with Crippen LogP contribution in [-0.4, -0.2) is 31.7 Å². The number of sulfonamides is 1. The average Bonchev–Trinajstić information content (AvgIpc) is 2.77. The van der Waals surface area contributed by atoms with Crippen LogP contribution in [0, 0.1) is 0 Å². The standard InChI is InChI=1S/C9H18N4O2S/c10-6-3-1-2-4-7-12-16(14,15)9-5-8-11-13-9/h5,8,12H,1-4,6-7,10H2,(H,11,13). The number of H-pyrrole nitrogens is 1. The van der Waals surface area contributed by atoms with Gasteiger partial charge in [-0.3, -0.25) is 5.10 Å². The lowest BCUT2D eigenvalue weighted by Gasteiger charge is -2.04. The molecule has 4 N–H and O–H groups in total. The van der Waals surface area contributed by atoms with Crippen molar-refractivity contribution in [2.75, 3.05) is 13.1 Å². The molecule has 16 heavy (non-hydrogen) atoms. The first kappa shape index (κ1) is 13.1. The Morgan fingerprint density at radius 1 is 1.31 bits per heavy atom. The van der Waals surface area contributed by atoms with Gasteiger partial charge in [0.1, 0.15) is 0 Å². The Balaban J connectivity index is 2.22. The van der Waals surface area contributed by atoms with E-state index in [9.17, 15) is 8.42 Å². The van der Waals surface area contributed by atoms with Crippen molar-refractivity contribution in [1.29, 1.82) is 0 Å². The van der Waals surface area contributed by atoms with Gasteiger partial charge in [0.25, 0.3) is 10.0 Å². The largest absolute Gasteiger partial charge is 0.330 e. The van der Waals surface area contributed by atoms with Crippen molar-refractivity contribution in [2.24, 2.45) is 5.73 Å². The van der Waals surface area contributed by atoms with Gasteiger partial charge in [-0.25, -0.2) is 13.1 Å². The Labute approximate surface area is 95.7 Å². The van der Waals surface area contributed by atoms with E-state index in [0.29, 0.717) is 13.1 Å². The number of aromatic nitrogens is 2. The summed E-state index contributed by atoms with van der Waals surface area (Å²) in [6.45, 7) is 1.14. The maximum Gasteiger partial charge on any atom is 0.257 e. The average molecular weight is 246 g/mol. The molecule has 1 aromatic rings. The van der Waals surface area contributed by atoms with Gasteiger partial charge in [0, 0.05) is 6.54 Å². The van der Waals surface area contributed by atoms with Crippen LogP contribution in [-0.2, 0) is 10.0 Å². The smallest absolute Gasteiger partial charge is 0.257 e. The fraction of sp³-hybridized carbons (Fsp3) is 0.667. The normalized spacial score (nSPS) is 11.8. The number of hydrogen-bond donors (Lipinski definition) is 3. The van der Waals surface area contributed by atoms with Gasteiger partial charge in [-0.1, -0.05) is 12.8 Å². The van der Waals surface area contributed by atoms with Gasteiger partial charge in [0.2, 0.25) is 0 Å². The molecule has 0 aliphatic carbocycles. The van der Waals surface area contributed by atoms with Crippen molar-refractivity contribution < 1.29 is 8.42 Å². The quantitative estimate of drug-likeness (QED) is 0.571. The summed E-state index contributed by atoms with van der Waals surface area (Å²) in [4.78, 5) is 0. The minimum Gasteiger partial charge on any atom is -0.330 e. The van der Waals surface area contributed by atoms with Gasteiger partial charge in [-0.15, -0.1) is 0 Å². The van der Waals surface area contributed by atoms with Crippen LogP contribution in [0.4, 0.5) is 0 Å². The minimum atomic E-state index is -3.40. The Bertz CT molecular complexity index is 374. The Morgan fingerprint density at radius 2 is 2.06 bits per heavy atom. The molecule has 6 nitrogen and oxygen atoms in total. The van der Waals surface area contributed by atoms with Gasteiger partial charge >= 0.3 is 0 Å². The van der Waals surface area contributed by atoms with Crippen molar-refractivity contribution in [3.8, 4) is 0 Å². The summed E-state index contributed by atoms with van der Waals surface area (Å²) in [5, 5.41) is 6.13. The molecule has 92 valence electrons. The number of aromatic amines is 1. The van der Waals surface area contributed by atoms with Crippen LogP contribution >= 0.6 is 0 Å². The summed E-state index contributed by atoms with van der Waals surface area (Å²) in [6.07, 6.45) is 5.27. The van der Waals surface area contributed by atoms with E-state index in [2.05, 4.69) is 14.9 Å². The van der Waals surface area contributed by atoms with E-state index in [0.717, 1.165) is 25.7 Å². The summed E-state index contributed by atoms with van der Waals surface area (Å²) in [5.74, 6) is 0. The second-order valence-electron chi connectivity index (χ2n) is 3.52. The number of nitrogens with two attached hydrogens (primary N) is 1. The molecule has 1 rings (SSSR count). The highest BCUT2D eigenvalue weighted by Gasteiger charge is 2.13. The Kier molecular flexibility index (Phi) is 5.44. The molecule has 0 fully saturated rings. The first-order valence-electron chi connectivity index (χ1n) is 5.36. The molecular weight excluding hydrogens is 228 g/mol. The summed E-state index contributed by atoms with van der Waals surface area (Å²) in [7, 11) is -3.40. The zero-order chi connectivity index (χ0) is 11.9. The van der Waals surface area contributed by atoms with Gasteiger partial charge in [-0.2, -0.15) is 5.10 Å². The third kappa shape index (κ3) is 4.30. The maximum absolute atomic E-state index is 11.6. The molecule has 0 aliphatic rings. The topological polar surface area (TPSA) is 101 Å². The fourth-order valence-electron chi connectivity index (χ4n) is 1.30. The molecule has 1 heterocycles. The van der Waals surface area contributed by atoms with E-state index < -0.39 is 10.0 Å². The fourth-order valence-corrected chi connectivity index (χ4v) is 2.28. The molecule has 1 aromatic heterocycles. The van der Waals surface area contributed by atoms with Gasteiger partial charge in [-0.05, 0) is 25.5 Å². The van der Waals surface area contributed by atoms with E-state index in [1.807, 2.05) is 0 Å². The summed E-state index contributed by atoms with van der Waals surface area (Å²) >= 11 is 0. The first-order valence-corrected chi connectivity index (χ1v) is 6.84. The van der Waals surface area contributed by atoms with Crippen molar-refractivity contribution in [3.05, 3.63) is 12.3 Å². The highest BCUT2D eigenvalue weighted by atomic mass is 32.2. The van der Waals surface area contributed by atoms with Crippen LogP contribution in [0.25, 0.3) is 0 Å². The van der Waals surface area contributed by atoms with Crippen LogP contribution in [0.2, 0.25) is 0 Å². The molecule has 0 atom stereocenters. The maximum atomic E-state index is 11.6. The molecule has 0 radical (unpaired) electrons. The molecule has 0 amide bonds. The van der Waals surface area contributed by atoms with E-state index in [1.54, 1.807) is 0 Å². The molecule has 0 spiro atoms. The monoisotopic (exact) mass is 246 g/mol. The lowest BCUT2D eigenvalue weighted by molar-refractivity contribution is 0.568. The first-order chi connectivity index (χ1) is 7.67. The lowest BCUT2D eigenvalue weighted by Crippen LogP contribution is -2.25. The summed E-state index contributed by atoms with van der Waals surface area (Å²) in [6, 6.07) is 1.43. The van der Waals surface area contributed by atoms with Crippen molar-refractivity contribution >= 4 is 10.0 Å². The zero-order valence-electron chi connectivity index (χ0n) is 9.15. The Hall–Kier alpha value is -0.920. The van der Waals surface area contributed by atoms with Gasteiger partial charge in [0.05, 0.1) is 6.20 Å². The zero-order valence-corrected chi connectivity index (χ0v) is 9.96.